The van der Waals surface area contributed by atoms with Crippen LogP contribution >= 0.6 is 0 Å². The zero-order valence-corrected chi connectivity index (χ0v) is 13.2. The lowest BCUT2D eigenvalue weighted by molar-refractivity contribution is -0.134. The normalized spacial score (nSPS) is 10.0. The lowest BCUT2D eigenvalue weighted by Gasteiger charge is -2.11. The summed E-state index contributed by atoms with van der Waals surface area (Å²) in [6.07, 6.45) is 0.276. The minimum Gasteiger partial charge on any atom is -0.492 e. The largest absolute Gasteiger partial charge is 0.492 e. The number of rotatable bonds is 6. The van der Waals surface area contributed by atoms with Crippen LogP contribution in [0.2, 0.25) is 0 Å². The number of nitrogens with one attached hydrogen (secondary N) is 1. The summed E-state index contributed by atoms with van der Waals surface area (Å²) in [7, 11) is 0. The molecule has 0 heterocycles. The monoisotopic (exact) mass is 313 g/mol. The molecule has 0 saturated heterocycles. The van der Waals surface area contributed by atoms with E-state index < -0.39 is 0 Å². The number of benzene rings is 2. The summed E-state index contributed by atoms with van der Waals surface area (Å²) in [5.41, 5.74) is 0.994. The van der Waals surface area contributed by atoms with Crippen LogP contribution in [0.15, 0.2) is 48.5 Å². The van der Waals surface area contributed by atoms with E-state index in [2.05, 4.69) is 5.32 Å². The Bertz CT molecular complexity index is 697. The molecule has 0 fully saturated rings. The second-order valence-corrected chi connectivity index (χ2v) is 4.74. The summed E-state index contributed by atoms with van der Waals surface area (Å²) < 4.78 is 10.6. The highest BCUT2D eigenvalue weighted by molar-refractivity contribution is 6.05. The van der Waals surface area contributed by atoms with Crippen molar-refractivity contribution in [2.24, 2.45) is 0 Å². The van der Waals surface area contributed by atoms with E-state index in [4.69, 9.17) is 9.47 Å². The van der Waals surface area contributed by atoms with Crippen molar-refractivity contribution in [3.05, 3.63) is 54.1 Å². The van der Waals surface area contributed by atoms with Gasteiger partial charge in [0.25, 0.3) is 5.91 Å². The number of ether oxygens (including phenoxy) is 2. The summed E-state index contributed by atoms with van der Waals surface area (Å²) in [4.78, 5) is 23.7. The molecular formula is C18H19NO4. The van der Waals surface area contributed by atoms with Crippen LogP contribution in [0.3, 0.4) is 0 Å². The number of amides is 1. The molecule has 0 atom stereocenters. The minimum atomic E-state index is -0.343. The molecule has 0 bridgehead atoms. The number of anilines is 1. The zero-order valence-electron chi connectivity index (χ0n) is 13.2. The van der Waals surface area contributed by atoms with Crippen molar-refractivity contribution in [3.8, 4) is 11.5 Å². The summed E-state index contributed by atoms with van der Waals surface area (Å²) in [6.45, 7) is 4.10. The van der Waals surface area contributed by atoms with E-state index in [0.29, 0.717) is 29.4 Å². The first-order valence-electron chi connectivity index (χ1n) is 7.48. The van der Waals surface area contributed by atoms with Gasteiger partial charge >= 0.3 is 5.97 Å². The predicted molar refractivity (Wildman–Crippen MR) is 87.9 cm³/mol. The van der Waals surface area contributed by atoms with E-state index in [9.17, 15) is 9.59 Å². The molecule has 0 aromatic heterocycles. The number of para-hydroxylation sites is 2. The number of hydrogen-bond acceptors (Lipinski definition) is 4. The van der Waals surface area contributed by atoms with E-state index in [-0.39, 0.29) is 18.3 Å². The zero-order chi connectivity index (χ0) is 16.7. The van der Waals surface area contributed by atoms with Crippen LogP contribution < -0.4 is 14.8 Å². The highest BCUT2D eigenvalue weighted by atomic mass is 16.5. The lowest BCUT2D eigenvalue weighted by atomic mass is 10.2. The third-order valence-electron chi connectivity index (χ3n) is 3.05. The summed E-state index contributed by atoms with van der Waals surface area (Å²) in [6, 6.07) is 13.7. The molecule has 5 heteroatoms. The van der Waals surface area contributed by atoms with E-state index in [1.54, 1.807) is 37.3 Å². The molecule has 23 heavy (non-hydrogen) atoms. The Kier molecular flexibility index (Phi) is 5.74. The molecule has 1 amide bonds. The first kappa shape index (κ1) is 16.5. The molecule has 1 N–H and O–H groups in total. The van der Waals surface area contributed by atoms with Gasteiger partial charge < -0.3 is 14.8 Å². The van der Waals surface area contributed by atoms with Gasteiger partial charge in [0.2, 0.25) is 0 Å². The molecular weight excluding hydrogens is 294 g/mol. The smallest absolute Gasteiger partial charge is 0.310 e. The van der Waals surface area contributed by atoms with E-state index in [1.165, 1.54) is 6.07 Å². The maximum absolute atomic E-state index is 12.4. The summed E-state index contributed by atoms with van der Waals surface area (Å²) in [5, 5.41) is 2.80. The number of carbonyl (C=O) groups is 2. The van der Waals surface area contributed by atoms with Gasteiger partial charge in [0, 0.05) is 12.0 Å². The molecule has 0 aliphatic rings. The first-order valence-corrected chi connectivity index (χ1v) is 7.48. The highest BCUT2D eigenvalue weighted by Gasteiger charge is 2.11. The van der Waals surface area contributed by atoms with Gasteiger partial charge in [-0.3, -0.25) is 9.59 Å². The van der Waals surface area contributed by atoms with E-state index in [0.717, 1.165) is 0 Å². The maximum atomic E-state index is 12.4. The van der Waals surface area contributed by atoms with E-state index >= 15 is 0 Å². The van der Waals surface area contributed by atoms with Crippen LogP contribution in [-0.4, -0.2) is 18.5 Å². The third-order valence-corrected chi connectivity index (χ3v) is 3.05. The molecule has 2 rings (SSSR count). The van der Waals surface area contributed by atoms with Crippen LogP contribution in [0.25, 0.3) is 0 Å². The Morgan fingerprint density at radius 2 is 1.83 bits per heavy atom. The predicted octanol–water partition coefficient (Wildman–Crippen LogP) is 3.65. The lowest BCUT2D eigenvalue weighted by Crippen LogP contribution is -2.13. The van der Waals surface area contributed by atoms with E-state index in [1.807, 2.05) is 19.1 Å². The van der Waals surface area contributed by atoms with Crippen molar-refractivity contribution in [2.45, 2.75) is 20.3 Å². The third kappa shape index (κ3) is 4.57. The topological polar surface area (TPSA) is 64.6 Å². The van der Waals surface area contributed by atoms with Crippen LogP contribution in [0.5, 0.6) is 11.5 Å². The van der Waals surface area contributed by atoms with Crippen LogP contribution in [0.1, 0.15) is 30.6 Å². The molecule has 2 aromatic carbocycles. The molecule has 0 aliphatic carbocycles. The van der Waals surface area contributed by atoms with Gasteiger partial charge in [0.15, 0.2) is 0 Å². The highest BCUT2D eigenvalue weighted by Crippen LogP contribution is 2.24. The van der Waals surface area contributed by atoms with Gasteiger partial charge in [-0.1, -0.05) is 25.1 Å². The van der Waals surface area contributed by atoms with Crippen molar-refractivity contribution >= 4 is 17.6 Å². The Hall–Kier alpha value is -2.82. The molecule has 0 unspecified atom stereocenters. The van der Waals surface area contributed by atoms with Gasteiger partial charge in [-0.15, -0.1) is 0 Å². The first-order chi connectivity index (χ1) is 11.1. The number of hydrogen-bond donors (Lipinski definition) is 1. The van der Waals surface area contributed by atoms with Crippen molar-refractivity contribution in [3.63, 3.8) is 0 Å². The molecule has 0 saturated carbocycles. The van der Waals surface area contributed by atoms with Crippen molar-refractivity contribution in [1.82, 2.24) is 0 Å². The summed E-state index contributed by atoms with van der Waals surface area (Å²) in [5.74, 6) is 0.315. The average molecular weight is 313 g/mol. The molecule has 120 valence electrons. The fourth-order valence-electron chi connectivity index (χ4n) is 1.95. The summed E-state index contributed by atoms with van der Waals surface area (Å²) >= 11 is 0. The van der Waals surface area contributed by atoms with Gasteiger partial charge in [-0.2, -0.15) is 0 Å². The molecule has 5 nitrogen and oxygen atoms in total. The van der Waals surface area contributed by atoms with Gasteiger partial charge in [-0.25, -0.2) is 0 Å². The second-order valence-electron chi connectivity index (χ2n) is 4.74. The van der Waals surface area contributed by atoms with Crippen LogP contribution in [0.4, 0.5) is 5.69 Å². The average Bonchev–Trinajstić information content (AvgIpc) is 2.57. The SMILES string of the molecule is CCOc1ccccc1NC(=O)c1cccc(OC(=O)CC)c1. The van der Waals surface area contributed by atoms with Gasteiger partial charge in [-0.05, 0) is 37.3 Å². The standard InChI is InChI=1S/C18H19NO4/c1-3-17(20)23-14-9-7-8-13(12-14)18(21)19-15-10-5-6-11-16(15)22-4-2/h5-12H,3-4H2,1-2H3,(H,19,21). The minimum absolute atomic E-state index is 0.276. The molecule has 0 aliphatic heterocycles. The van der Waals surface area contributed by atoms with Crippen molar-refractivity contribution in [1.29, 1.82) is 0 Å². The Labute approximate surface area is 135 Å². The van der Waals surface area contributed by atoms with Gasteiger partial charge in [0.1, 0.15) is 11.5 Å². The molecule has 2 aromatic rings. The Balaban J connectivity index is 2.15. The van der Waals surface area contributed by atoms with Crippen molar-refractivity contribution < 1.29 is 19.1 Å². The van der Waals surface area contributed by atoms with Gasteiger partial charge in [0.05, 0.1) is 12.3 Å². The van der Waals surface area contributed by atoms with Crippen molar-refractivity contribution in [2.75, 3.05) is 11.9 Å². The quantitative estimate of drug-likeness (QED) is 0.653. The second kappa shape index (κ2) is 7.98. The fraction of sp³-hybridized carbons (Fsp3) is 0.222. The van der Waals surface area contributed by atoms with Crippen LogP contribution in [0, 0.1) is 0 Å². The molecule has 0 spiro atoms. The number of esters is 1. The number of carbonyl (C=O) groups excluding carboxylic acids is 2. The fourth-order valence-corrected chi connectivity index (χ4v) is 1.95. The maximum Gasteiger partial charge on any atom is 0.310 e. The Morgan fingerprint density at radius 1 is 1.04 bits per heavy atom. The van der Waals surface area contributed by atoms with Crippen LogP contribution in [-0.2, 0) is 4.79 Å². The molecule has 0 radical (unpaired) electrons. The Morgan fingerprint density at radius 3 is 2.57 bits per heavy atom.